The number of carboxylic acid groups (broad SMARTS) is 1. The normalized spacial score (nSPS) is 10.1. The molecule has 1 aromatic rings. The molecule has 0 unspecified atom stereocenters. The van der Waals surface area contributed by atoms with Crippen LogP contribution in [0.2, 0.25) is 0 Å². The van der Waals surface area contributed by atoms with E-state index in [1.54, 1.807) is 5.51 Å². The summed E-state index contributed by atoms with van der Waals surface area (Å²) in [5.41, 5.74) is 2.17. The molecule has 0 atom stereocenters. The molecule has 12 heavy (non-hydrogen) atoms. The number of thiazole rings is 1. The number of aromatic carboxylic acids is 1. The minimum absolute atomic E-state index is 0.330. The summed E-state index contributed by atoms with van der Waals surface area (Å²) in [6.45, 7) is 3.31. The molecular formula is C7H10N2O2S. The smallest absolute Gasteiger partial charge is 0.347 e. The van der Waals surface area contributed by atoms with E-state index in [0.717, 1.165) is 17.9 Å². The quantitative estimate of drug-likeness (QED) is 0.735. The molecule has 0 saturated heterocycles. The van der Waals surface area contributed by atoms with Crippen LogP contribution in [0.25, 0.3) is 0 Å². The van der Waals surface area contributed by atoms with Gasteiger partial charge in [-0.05, 0) is 6.54 Å². The fraction of sp³-hybridized carbons (Fsp3) is 0.429. The second kappa shape index (κ2) is 4.18. The zero-order chi connectivity index (χ0) is 8.97. The molecule has 0 spiro atoms. The van der Waals surface area contributed by atoms with E-state index in [0.29, 0.717) is 17.1 Å². The summed E-state index contributed by atoms with van der Waals surface area (Å²) in [6.07, 6.45) is 0. The molecule has 0 aromatic carbocycles. The van der Waals surface area contributed by atoms with Gasteiger partial charge >= 0.3 is 5.97 Å². The maximum absolute atomic E-state index is 10.6. The molecular weight excluding hydrogens is 176 g/mol. The number of hydrogen-bond acceptors (Lipinski definition) is 4. The lowest BCUT2D eigenvalue weighted by molar-refractivity contribution is 0.0700. The van der Waals surface area contributed by atoms with Gasteiger partial charge in [0, 0.05) is 6.54 Å². The summed E-state index contributed by atoms with van der Waals surface area (Å²) < 4.78 is 0. The van der Waals surface area contributed by atoms with Gasteiger partial charge in [0.25, 0.3) is 0 Å². The van der Waals surface area contributed by atoms with Crippen molar-refractivity contribution in [3.63, 3.8) is 0 Å². The number of aromatic nitrogens is 1. The molecule has 0 saturated carbocycles. The Labute approximate surface area is 74.3 Å². The number of nitrogens with one attached hydrogen (secondary N) is 1. The van der Waals surface area contributed by atoms with Crippen molar-refractivity contribution in [3.8, 4) is 0 Å². The first-order chi connectivity index (χ1) is 5.75. The van der Waals surface area contributed by atoms with Crippen molar-refractivity contribution >= 4 is 17.3 Å². The largest absolute Gasteiger partial charge is 0.477 e. The Hall–Kier alpha value is -0.940. The van der Waals surface area contributed by atoms with Crippen LogP contribution in [0, 0.1) is 0 Å². The van der Waals surface area contributed by atoms with Gasteiger partial charge in [0.05, 0.1) is 11.2 Å². The Balaban J connectivity index is 2.70. The fourth-order valence-corrected chi connectivity index (χ4v) is 1.46. The van der Waals surface area contributed by atoms with Gasteiger partial charge in [0.15, 0.2) is 0 Å². The predicted molar refractivity (Wildman–Crippen MR) is 46.5 cm³/mol. The second-order valence-corrected chi connectivity index (χ2v) is 3.07. The molecule has 0 aliphatic rings. The summed E-state index contributed by atoms with van der Waals surface area (Å²) in [4.78, 5) is 14.9. The predicted octanol–water partition coefficient (Wildman–Crippen LogP) is 0.951. The minimum atomic E-state index is -0.898. The summed E-state index contributed by atoms with van der Waals surface area (Å²) >= 11 is 1.16. The lowest BCUT2D eigenvalue weighted by Crippen LogP contribution is -2.14. The van der Waals surface area contributed by atoms with Crippen molar-refractivity contribution in [2.45, 2.75) is 13.5 Å². The van der Waals surface area contributed by atoms with Crippen LogP contribution in [0.1, 0.15) is 22.3 Å². The van der Waals surface area contributed by atoms with E-state index in [1.807, 2.05) is 6.92 Å². The first kappa shape index (κ1) is 9.15. The molecule has 0 fully saturated rings. The van der Waals surface area contributed by atoms with E-state index in [9.17, 15) is 4.79 Å². The monoisotopic (exact) mass is 186 g/mol. The van der Waals surface area contributed by atoms with Crippen LogP contribution in [0.3, 0.4) is 0 Å². The Morgan fingerprint density at radius 1 is 1.83 bits per heavy atom. The third-order valence-corrected chi connectivity index (χ3v) is 2.23. The molecule has 0 aliphatic heterocycles. The average molecular weight is 186 g/mol. The molecule has 0 bridgehead atoms. The minimum Gasteiger partial charge on any atom is -0.477 e. The van der Waals surface area contributed by atoms with E-state index in [2.05, 4.69) is 10.3 Å². The summed E-state index contributed by atoms with van der Waals surface area (Å²) in [7, 11) is 0. The molecule has 5 heteroatoms. The van der Waals surface area contributed by atoms with E-state index in [-0.39, 0.29) is 0 Å². The summed E-state index contributed by atoms with van der Waals surface area (Å²) in [6, 6.07) is 0. The van der Waals surface area contributed by atoms with Gasteiger partial charge in [0.2, 0.25) is 0 Å². The Bertz CT molecular complexity index is 272. The molecule has 0 radical (unpaired) electrons. The van der Waals surface area contributed by atoms with Crippen LogP contribution in [0.5, 0.6) is 0 Å². The highest BCUT2D eigenvalue weighted by Gasteiger charge is 2.11. The first-order valence-corrected chi connectivity index (χ1v) is 4.50. The third kappa shape index (κ3) is 2.02. The zero-order valence-electron chi connectivity index (χ0n) is 6.70. The van der Waals surface area contributed by atoms with Crippen molar-refractivity contribution < 1.29 is 9.90 Å². The number of carbonyl (C=O) groups is 1. The van der Waals surface area contributed by atoms with E-state index in [4.69, 9.17) is 5.11 Å². The lowest BCUT2D eigenvalue weighted by Gasteiger charge is -1.98. The molecule has 66 valence electrons. The van der Waals surface area contributed by atoms with Gasteiger partial charge in [-0.2, -0.15) is 0 Å². The molecule has 4 nitrogen and oxygen atoms in total. The van der Waals surface area contributed by atoms with E-state index >= 15 is 0 Å². The zero-order valence-corrected chi connectivity index (χ0v) is 7.52. The van der Waals surface area contributed by atoms with Crippen molar-refractivity contribution in [1.82, 2.24) is 10.3 Å². The second-order valence-electron chi connectivity index (χ2n) is 2.21. The van der Waals surface area contributed by atoms with Gasteiger partial charge in [-0.25, -0.2) is 9.78 Å². The molecule has 0 aliphatic carbocycles. The van der Waals surface area contributed by atoms with Gasteiger partial charge in [0.1, 0.15) is 4.88 Å². The number of rotatable bonds is 4. The summed E-state index contributed by atoms with van der Waals surface area (Å²) in [5, 5.41) is 11.7. The Morgan fingerprint density at radius 3 is 3.17 bits per heavy atom. The Kier molecular flexibility index (Phi) is 3.19. The van der Waals surface area contributed by atoms with Gasteiger partial charge < -0.3 is 10.4 Å². The highest BCUT2D eigenvalue weighted by atomic mass is 32.1. The van der Waals surface area contributed by atoms with Gasteiger partial charge in [-0.1, -0.05) is 6.92 Å². The van der Waals surface area contributed by atoms with Crippen LogP contribution in [0.4, 0.5) is 0 Å². The average Bonchev–Trinajstić information content (AvgIpc) is 2.48. The topological polar surface area (TPSA) is 62.2 Å². The fourth-order valence-electron chi connectivity index (χ4n) is 0.812. The van der Waals surface area contributed by atoms with Crippen LogP contribution < -0.4 is 5.32 Å². The maximum atomic E-state index is 10.6. The standard InChI is InChI=1S/C7H10N2O2S/c1-2-8-3-5-6(7(10)11)12-4-9-5/h4,8H,2-3H2,1H3,(H,10,11). The van der Waals surface area contributed by atoms with Crippen molar-refractivity contribution in [1.29, 1.82) is 0 Å². The highest BCUT2D eigenvalue weighted by molar-refractivity contribution is 7.11. The molecule has 2 N–H and O–H groups in total. The van der Waals surface area contributed by atoms with Crippen LogP contribution in [0.15, 0.2) is 5.51 Å². The SMILES string of the molecule is CCNCc1ncsc1C(=O)O. The van der Waals surface area contributed by atoms with Crippen LogP contribution in [-0.2, 0) is 6.54 Å². The highest BCUT2D eigenvalue weighted by Crippen LogP contribution is 2.12. The maximum Gasteiger partial charge on any atom is 0.347 e. The van der Waals surface area contributed by atoms with Crippen molar-refractivity contribution in [3.05, 3.63) is 16.1 Å². The molecule has 1 heterocycles. The number of carboxylic acids is 1. The summed E-state index contributed by atoms with van der Waals surface area (Å²) in [5.74, 6) is -0.898. The van der Waals surface area contributed by atoms with Crippen molar-refractivity contribution in [2.75, 3.05) is 6.54 Å². The van der Waals surface area contributed by atoms with Crippen LogP contribution in [-0.4, -0.2) is 22.6 Å². The van der Waals surface area contributed by atoms with Gasteiger partial charge in [-0.3, -0.25) is 0 Å². The third-order valence-electron chi connectivity index (χ3n) is 1.38. The number of nitrogens with zero attached hydrogens (tertiary/aromatic N) is 1. The van der Waals surface area contributed by atoms with Crippen LogP contribution >= 0.6 is 11.3 Å². The van der Waals surface area contributed by atoms with Crippen molar-refractivity contribution in [2.24, 2.45) is 0 Å². The molecule has 1 aromatic heterocycles. The van der Waals surface area contributed by atoms with E-state index < -0.39 is 5.97 Å². The lowest BCUT2D eigenvalue weighted by atomic mass is 10.3. The number of hydrogen-bond donors (Lipinski definition) is 2. The van der Waals surface area contributed by atoms with E-state index in [1.165, 1.54) is 0 Å². The first-order valence-electron chi connectivity index (χ1n) is 3.62. The Morgan fingerprint density at radius 2 is 2.58 bits per heavy atom. The molecule has 0 amide bonds. The van der Waals surface area contributed by atoms with Gasteiger partial charge in [-0.15, -0.1) is 11.3 Å². The molecule has 1 rings (SSSR count).